The lowest BCUT2D eigenvalue weighted by atomic mass is 9.74. The SMILES string of the molecule is O=C(CCc1ccc(C(F)(F)F)cc1)NCC1(c2ccccc2)CCOCC1. The van der Waals surface area contributed by atoms with Gasteiger partial charge in [-0.15, -0.1) is 0 Å². The van der Waals surface area contributed by atoms with Gasteiger partial charge in [-0.25, -0.2) is 0 Å². The molecule has 2 aromatic rings. The fraction of sp³-hybridized carbons (Fsp3) is 0.409. The van der Waals surface area contributed by atoms with Crippen molar-refractivity contribution in [3.8, 4) is 0 Å². The van der Waals surface area contributed by atoms with Crippen LogP contribution in [0.25, 0.3) is 0 Å². The standard InChI is InChI=1S/C22H24F3NO2/c23-22(24,25)19-9-6-17(7-10-19)8-11-20(27)26-16-21(12-14-28-15-13-21)18-4-2-1-3-5-18/h1-7,9-10H,8,11-16H2,(H,26,27). The molecule has 0 unspecified atom stereocenters. The number of carbonyl (C=O) groups excluding carboxylic acids is 1. The topological polar surface area (TPSA) is 38.3 Å². The lowest BCUT2D eigenvalue weighted by Gasteiger charge is -2.38. The Hall–Kier alpha value is -2.34. The Morgan fingerprint density at radius 3 is 2.25 bits per heavy atom. The predicted octanol–water partition coefficient (Wildman–Crippen LogP) is 4.50. The largest absolute Gasteiger partial charge is 0.416 e. The number of rotatable bonds is 6. The van der Waals surface area contributed by atoms with Gasteiger partial charge in [-0.3, -0.25) is 4.79 Å². The molecule has 0 aliphatic carbocycles. The zero-order chi connectivity index (χ0) is 20.0. The van der Waals surface area contributed by atoms with Crippen molar-refractivity contribution in [2.45, 2.75) is 37.3 Å². The van der Waals surface area contributed by atoms with Crippen LogP contribution in [0.1, 0.15) is 36.0 Å². The van der Waals surface area contributed by atoms with Crippen molar-refractivity contribution < 1.29 is 22.7 Å². The molecular formula is C22H24F3NO2. The molecule has 3 rings (SSSR count). The number of carbonyl (C=O) groups is 1. The number of benzene rings is 2. The van der Waals surface area contributed by atoms with Crippen LogP contribution >= 0.6 is 0 Å². The second-order valence-corrected chi connectivity index (χ2v) is 7.23. The van der Waals surface area contributed by atoms with Gasteiger partial charge in [0, 0.05) is 31.6 Å². The molecule has 1 N–H and O–H groups in total. The van der Waals surface area contributed by atoms with Crippen molar-refractivity contribution in [3.63, 3.8) is 0 Å². The van der Waals surface area contributed by atoms with Crippen LogP contribution in [0.5, 0.6) is 0 Å². The molecule has 0 radical (unpaired) electrons. The number of ether oxygens (including phenoxy) is 1. The molecule has 0 saturated carbocycles. The number of nitrogens with one attached hydrogen (secondary N) is 1. The molecule has 3 nitrogen and oxygen atoms in total. The minimum Gasteiger partial charge on any atom is -0.381 e. The summed E-state index contributed by atoms with van der Waals surface area (Å²) in [6.45, 7) is 1.86. The van der Waals surface area contributed by atoms with Gasteiger partial charge in [-0.2, -0.15) is 13.2 Å². The molecule has 1 amide bonds. The van der Waals surface area contributed by atoms with Crippen LogP contribution in [0, 0.1) is 0 Å². The summed E-state index contributed by atoms with van der Waals surface area (Å²) in [5, 5.41) is 3.02. The molecule has 150 valence electrons. The Morgan fingerprint density at radius 2 is 1.64 bits per heavy atom. The van der Waals surface area contributed by atoms with E-state index in [0.29, 0.717) is 31.7 Å². The van der Waals surface area contributed by atoms with E-state index in [9.17, 15) is 18.0 Å². The summed E-state index contributed by atoms with van der Waals surface area (Å²) in [6, 6.07) is 15.1. The zero-order valence-corrected chi connectivity index (χ0v) is 15.6. The monoisotopic (exact) mass is 391 g/mol. The van der Waals surface area contributed by atoms with Crippen molar-refractivity contribution >= 4 is 5.91 Å². The van der Waals surface area contributed by atoms with E-state index in [4.69, 9.17) is 4.74 Å². The van der Waals surface area contributed by atoms with Gasteiger partial charge in [0.25, 0.3) is 0 Å². The minimum atomic E-state index is -4.34. The third-order valence-electron chi connectivity index (χ3n) is 5.38. The number of halogens is 3. The maximum atomic E-state index is 12.6. The number of hydrogen-bond acceptors (Lipinski definition) is 2. The average molecular weight is 391 g/mol. The van der Waals surface area contributed by atoms with E-state index in [1.165, 1.54) is 17.7 Å². The van der Waals surface area contributed by atoms with E-state index < -0.39 is 11.7 Å². The van der Waals surface area contributed by atoms with Crippen molar-refractivity contribution in [2.24, 2.45) is 0 Å². The Labute approximate surface area is 162 Å². The average Bonchev–Trinajstić information content (AvgIpc) is 2.72. The van der Waals surface area contributed by atoms with Crippen molar-refractivity contribution in [3.05, 3.63) is 71.3 Å². The first-order valence-electron chi connectivity index (χ1n) is 9.45. The fourth-order valence-corrected chi connectivity index (χ4v) is 3.60. The van der Waals surface area contributed by atoms with E-state index in [0.717, 1.165) is 25.0 Å². The second-order valence-electron chi connectivity index (χ2n) is 7.23. The number of alkyl halides is 3. The van der Waals surface area contributed by atoms with Gasteiger partial charge in [0.2, 0.25) is 5.91 Å². The number of aryl methyl sites for hydroxylation is 1. The summed E-state index contributed by atoms with van der Waals surface area (Å²) in [7, 11) is 0. The zero-order valence-electron chi connectivity index (χ0n) is 15.6. The summed E-state index contributed by atoms with van der Waals surface area (Å²) in [5.41, 5.74) is 1.10. The van der Waals surface area contributed by atoms with Crippen LogP contribution in [0.3, 0.4) is 0 Å². The van der Waals surface area contributed by atoms with Gasteiger partial charge in [-0.1, -0.05) is 42.5 Å². The van der Waals surface area contributed by atoms with Crippen molar-refractivity contribution in [1.29, 1.82) is 0 Å². The maximum Gasteiger partial charge on any atom is 0.416 e. The highest BCUT2D eigenvalue weighted by Crippen LogP contribution is 2.34. The van der Waals surface area contributed by atoms with Crippen LogP contribution in [-0.4, -0.2) is 25.7 Å². The molecule has 0 atom stereocenters. The van der Waals surface area contributed by atoms with E-state index >= 15 is 0 Å². The Balaban J connectivity index is 1.55. The smallest absolute Gasteiger partial charge is 0.381 e. The molecule has 1 aliphatic heterocycles. The van der Waals surface area contributed by atoms with Gasteiger partial charge in [-0.05, 0) is 42.5 Å². The molecular weight excluding hydrogens is 367 g/mol. The highest BCUT2D eigenvalue weighted by molar-refractivity contribution is 5.76. The Morgan fingerprint density at radius 1 is 1.00 bits per heavy atom. The second kappa shape index (κ2) is 8.78. The first kappa shape index (κ1) is 20.4. The third-order valence-corrected chi connectivity index (χ3v) is 5.38. The van der Waals surface area contributed by atoms with Gasteiger partial charge >= 0.3 is 6.18 Å². The van der Waals surface area contributed by atoms with E-state index in [1.807, 2.05) is 18.2 Å². The number of hydrogen-bond donors (Lipinski definition) is 1. The molecule has 1 aliphatic rings. The summed E-state index contributed by atoms with van der Waals surface area (Å²) in [5.74, 6) is -0.0957. The molecule has 6 heteroatoms. The summed E-state index contributed by atoms with van der Waals surface area (Å²) >= 11 is 0. The van der Waals surface area contributed by atoms with E-state index in [2.05, 4.69) is 17.4 Å². The third kappa shape index (κ3) is 5.13. The molecule has 1 fully saturated rings. The first-order valence-corrected chi connectivity index (χ1v) is 9.45. The molecule has 0 spiro atoms. The summed E-state index contributed by atoms with van der Waals surface area (Å²) < 4.78 is 43.3. The lowest BCUT2D eigenvalue weighted by Crippen LogP contribution is -2.44. The molecule has 0 aromatic heterocycles. The molecule has 0 bridgehead atoms. The summed E-state index contributed by atoms with van der Waals surface area (Å²) in [6.07, 6.45) is -2.00. The minimum absolute atomic E-state index is 0.0957. The molecule has 2 aromatic carbocycles. The van der Waals surface area contributed by atoms with Gasteiger partial charge < -0.3 is 10.1 Å². The fourth-order valence-electron chi connectivity index (χ4n) is 3.60. The Bertz CT molecular complexity index is 767. The highest BCUT2D eigenvalue weighted by atomic mass is 19.4. The molecule has 1 heterocycles. The van der Waals surface area contributed by atoms with Crippen LogP contribution in [0.2, 0.25) is 0 Å². The van der Waals surface area contributed by atoms with Crippen molar-refractivity contribution in [1.82, 2.24) is 5.32 Å². The van der Waals surface area contributed by atoms with Crippen LogP contribution < -0.4 is 5.32 Å². The van der Waals surface area contributed by atoms with Crippen LogP contribution in [0.15, 0.2) is 54.6 Å². The van der Waals surface area contributed by atoms with Gasteiger partial charge in [0.1, 0.15) is 0 Å². The van der Waals surface area contributed by atoms with Crippen LogP contribution in [0.4, 0.5) is 13.2 Å². The summed E-state index contributed by atoms with van der Waals surface area (Å²) in [4.78, 5) is 12.3. The van der Waals surface area contributed by atoms with Gasteiger partial charge in [0.15, 0.2) is 0 Å². The van der Waals surface area contributed by atoms with E-state index in [-0.39, 0.29) is 17.7 Å². The predicted molar refractivity (Wildman–Crippen MR) is 101 cm³/mol. The maximum absolute atomic E-state index is 12.6. The highest BCUT2D eigenvalue weighted by Gasteiger charge is 2.34. The normalized spacial score (nSPS) is 16.5. The quantitative estimate of drug-likeness (QED) is 0.787. The Kier molecular flexibility index (Phi) is 6.39. The number of amides is 1. The van der Waals surface area contributed by atoms with Crippen molar-refractivity contribution in [2.75, 3.05) is 19.8 Å². The first-order chi connectivity index (χ1) is 13.4. The van der Waals surface area contributed by atoms with Gasteiger partial charge in [0.05, 0.1) is 5.56 Å². The van der Waals surface area contributed by atoms with E-state index in [1.54, 1.807) is 0 Å². The van der Waals surface area contributed by atoms with Crippen LogP contribution in [-0.2, 0) is 27.5 Å². The molecule has 1 saturated heterocycles. The lowest BCUT2D eigenvalue weighted by molar-refractivity contribution is -0.137. The molecule has 28 heavy (non-hydrogen) atoms.